The van der Waals surface area contributed by atoms with Gasteiger partial charge in [0.15, 0.2) is 0 Å². The molecule has 0 aromatic heterocycles. The summed E-state index contributed by atoms with van der Waals surface area (Å²) in [6, 6.07) is 7.57. The maximum atomic E-state index is 12.8. The summed E-state index contributed by atoms with van der Waals surface area (Å²) in [6.07, 6.45) is 13.9. The van der Waals surface area contributed by atoms with Crippen molar-refractivity contribution in [2.45, 2.75) is 82.8 Å². The van der Waals surface area contributed by atoms with Gasteiger partial charge in [-0.3, -0.25) is 0 Å². The van der Waals surface area contributed by atoms with E-state index in [2.05, 4.69) is 0 Å². The minimum atomic E-state index is -0.843. The van der Waals surface area contributed by atoms with Crippen LogP contribution in [0.4, 0.5) is 0 Å². The molecule has 0 saturated heterocycles. The highest BCUT2D eigenvalue weighted by Gasteiger charge is 2.27. The number of para-hydroxylation sites is 1. The van der Waals surface area contributed by atoms with Crippen molar-refractivity contribution in [2.75, 3.05) is 14.2 Å². The van der Waals surface area contributed by atoms with Gasteiger partial charge in [0.05, 0.1) is 12.1 Å². The Morgan fingerprint density at radius 2 is 1.67 bits per heavy atom. The van der Waals surface area contributed by atoms with E-state index >= 15 is 0 Å². The van der Waals surface area contributed by atoms with Crippen LogP contribution in [-0.4, -0.2) is 49.8 Å². The number of carbonyl (C=O) groups excluding carboxylic acids is 1. The first-order chi connectivity index (χ1) is 16.1. The fourth-order valence-corrected chi connectivity index (χ4v) is 4.38. The molecule has 1 aromatic carbocycles. The lowest BCUT2D eigenvalue weighted by atomic mass is 9.95. The van der Waals surface area contributed by atoms with E-state index in [1.165, 1.54) is 46.0 Å². The second kappa shape index (κ2) is 13.2. The maximum Gasteiger partial charge on any atom is 0.356 e. The highest BCUT2D eigenvalue weighted by atomic mass is 16.8. The fourth-order valence-electron chi connectivity index (χ4n) is 4.38. The molecule has 8 nitrogen and oxygen atoms in total. The zero-order valence-corrected chi connectivity index (χ0v) is 19.8. The lowest BCUT2D eigenvalue weighted by Crippen LogP contribution is -2.47. The highest BCUT2D eigenvalue weighted by Crippen LogP contribution is 2.25. The number of rotatable bonds is 8. The summed E-state index contributed by atoms with van der Waals surface area (Å²) in [4.78, 5) is 23.2. The molecule has 0 aliphatic heterocycles. The Labute approximate surface area is 196 Å². The number of nitrogens with two attached hydrogens (primary N) is 1. The van der Waals surface area contributed by atoms with Crippen molar-refractivity contribution in [1.29, 1.82) is 0 Å². The quantitative estimate of drug-likeness (QED) is 0.202. The van der Waals surface area contributed by atoms with Crippen LogP contribution in [0.15, 0.2) is 35.3 Å². The predicted molar refractivity (Wildman–Crippen MR) is 127 cm³/mol. The van der Waals surface area contributed by atoms with Gasteiger partial charge in [0, 0.05) is 25.9 Å². The second-order valence-corrected chi connectivity index (χ2v) is 8.56. The summed E-state index contributed by atoms with van der Waals surface area (Å²) in [5.41, 5.74) is 7.07. The number of aliphatic imine (C=N–C) groups is 1. The number of ether oxygens (including phenoxy) is 3. The minimum absolute atomic E-state index is 0.0585. The molecular formula is C25H37N3O5. The first-order valence-corrected chi connectivity index (χ1v) is 11.9. The van der Waals surface area contributed by atoms with Gasteiger partial charge in [-0.25, -0.2) is 9.79 Å². The number of methoxy groups -OCH3 is 2. The number of hydrogen-bond acceptors (Lipinski definition) is 6. The Morgan fingerprint density at radius 3 is 2.33 bits per heavy atom. The second-order valence-electron chi connectivity index (χ2n) is 8.56. The summed E-state index contributed by atoms with van der Waals surface area (Å²) >= 11 is 0. The standard InChI is InChI=1S/C25H37N3O5/c1-30-25(31-2)32-22-16-10-9-11-19(22)17-18-23(29)33-28(21-14-7-4-8-15-21)24(26)27-20-12-5-3-6-13-20/h9-11,16-18,20-21,25H,3-8,12-15H2,1-2H3,(H2,26,27)/b18-17+. The third kappa shape index (κ3) is 7.75. The third-order valence-corrected chi connectivity index (χ3v) is 6.14. The van der Waals surface area contributed by atoms with Crippen molar-refractivity contribution in [3.05, 3.63) is 35.9 Å². The molecule has 2 aliphatic carbocycles. The van der Waals surface area contributed by atoms with Gasteiger partial charge in [-0.15, -0.1) is 0 Å². The molecule has 2 saturated carbocycles. The van der Waals surface area contributed by atoms with Crippen molar-refractivity contribution >= 4 is 18.0 Å². The maximum absolute atomic E-state index is 12.8. The molecule has 2 fully saturated rings. The molecule has 0 amide bonds. The van der Waals surface area contributed by atoms with Crippen LogP contribution < -0.4 is 10.5 Å². The molecule has 1 aromatic rings. The zero-order valence-electron chi connectivity index (χ0n) is 19.8. The molecule has 0 unspecified atom stereocenters. The van der Waals surface area contributed by atoms with E-state index in [9.17, 15) is 4.79 Å². The summed E-state index contributed by atoms with van der Waals surface area (Å²) in [6.45, 7) is -0.843. The smallest absolute Gasteiger partial charge is 0.356 e. The SMILES string of the molecule is COC(OC)Oc1ccccc1/C=C/C(=O)ON(C(N)=NC1CCCCC1)C1CCCCC1. The number of carbonyl (C=O) groups is 1. The number of guanidine groups is 1. The normalized spacial score (nSPS) is 18.6. The van der Waals surface area contributed by atoms with E-state index in [0.29, 0.717) is 17.3 Å². The van der Waals surface area contributed by atoms with E-state index in [1.54, 1.807) is 17.2 Å². The fraction of sp³-hybridized carbons (Fsp3) is 0.600. The van der Waals surface area contributed by atoms with E-state index in [-0.39, 0.29) is 12.1 Å². The summed E-state index contributed by atoms with van der Waals surface area (Å²) in [7, 11) is 2.98. The molecule has 0 heterocycles. The Morgan fingerprint density at radius 1 is 1.03 bits per heavy atom. The van der Waals surface area contributed by atoms with Crippen LogP contribution >= 0.6 is 0 Å². The molecule has 0 atom stereocenters. The molecule has 0 spiro atoms. The lowest BCUT2D eigenvalue weighted by Gasteiger charge is -2.33. The van der Waals surface area contributed by atoms with Gasteiger partial charge in [-0.05, 0) is 37.8 Å². The van der Waals surface area contributed by atoms with Crippen LogP contribution in [-0.2, 0) is 19.1 Å². The Kier molecular flexibility index (Phi) is 10.0. The van der Waals surface area contributed by atoms with Crippen molar-refractivity contribution < 1.29 is 23.8 Å². The van der Waals surface area contributed by atoms with Gasteiger partial charge in [0.25, 0.3) is 0 Å². The molecule has 2 N–H and O–H groups in total. The van der Waals surface area contributed by atoms with Crippen molar-refractivity contribution in [3.8, 4) is 5.75 Å². The van der Waals surface area contributed by atoms with Gasteiger partial charge in [-0.1, -0.05) is 56.7 Å². The first kappa shape index (κ1) is 25.1. The Balaban J connectivity index is 1.70. The van der Waals surface area contributed by atoms with Crippen LogP contribution in [0.5, 0.6) is 5.75 Å². The number of hydroxylamine groups is 2. The van der Waals surface area contributed by atoms with Crippen molar-refractivity contribution in [2.24, 2.45) is 10.7 Å². The molecule has 182 valence electrons. The Hall–Kier alpha value is -2.58. The summed E-state index contributed by atoms with van der Waals surface area (Å²) in [5.74, 6) is 0.326. The van der Waals surface area contributed by atoms with Crippen LogP contribution in [0.3, 0.4) is 0 Å². The van der Waals surface area contributed by atoms with Gasteiger partial charge >= 0.3 is 12.4 Å². The van der Waals surface area contributed by atoms with E-state index in [0.717, 1.165) is 38.5 Å². The van der Waals surface area contributed by atoms with Crippen LogP contribution in [0, 0.1) is 0 Å². The number of nitrogens with zero attached hydrogens (tertiary/aromatic N) is 2. The lowest BCUT2D eigenvalue weighted by molar-refractivity contribution is -0.219. The van der Waals surface area contributed by atoms with Crippen LogP contribution in [0.25, 0.3) is 6.08 Å². The number of hydrogen-bond donors (Lipinski definition) is 1. The van der Waals surface area contributed by atoms with E-state index in [1.807, 2.05) is 18.2 Å². The van der Waals surface area contributed by atoms with Crippen LogP contribution in [0.1, 0.15) is 69.8 Å². The summed E-state index contributed by atoms with van der Waals surface area (Å²) in [5, 5.41) is 1.55. The molecule has 0 bridgehead atoms. The summed E-state index contributed by atoms with van der Waals surface area (Å²) < 4.78 is 15.9. The molecule has 0 radical (unpaired) electrons. The molecule has 33 heavy (non-hydrogen) atoms. The third-order valence-electron chi connectivity index (χ3n) is 6.14. The van der Waals surface area contributed by atoms with Crippen molar-refractivity contribution in [1.82, 2.24) is 5.06 Å². The molecule has 8 heteroatoms. The molecular weight excluding hydrogens is 422 g/mol. The monoisotopic (exact) mass is 459 g/mol. The topological polar surface area (TPSA) is 95.6 Å². The zero-order chi connectivity index (χ0) is 23.5. The minimum Gasteiger partial charge on any atom is -0.441 e. The van der Waals surface area contributed by atoms with Gasteiger partial charge in [0.2, 0.25) is 5.96 Å². The van der Waals surface area contributed by atoms with Gasteiger partial charge in [-0.2, -0.15) is 5.06 Å². The molecule has 2 aliphatic rings. The first-order valence-electron chi connectivity index (χ1n) is 11.9. The average molecular weight is 460 g/mol. The Bertz CT molecular complexity index is 797. The van der Waals surface area contributed by atoms with Crippen molar-refractivity contribution in [3.63, 3.8) is 0 Å². The van der Waals surface area contributed by atoms with Gasteiger partial charge in [0.1, 0.15) is 5.75 Å². The largest absolute Gasteiger partial charge is 0.441 e. The van der Waals surface area contributed by atoms with Gasteiger partial charge < -0.3 is 24.8 Å². The predicted octanol–water partition coefficient (Wildman–Crippen LogP) is 4.40. The average Bonchev–Trinajstić information content (AvgIpc) is 2.86. The molecule has 3 rings (SSSR count). The van der Waals surface area contributed by atoms with E-state index in [4.69, 9.17) is 29.8 Å². The van der Waals surface area contributed by atoms with E-state index < -0.39 is 12.4 Å². The van der Waals surface area contributed by atoms with Crippen LogP contribution in [0.2, 0.25) is 0 Å². The number of benzene rings is 1. The highest BCUT2D eigenvalue weighted by molar-refractivity contribution is 5.89.